The predicted molar refractivity (Wildman–Crippen MR) is 358 cm³/mol. The number of carbonyl (C=O) groups is 2. The fourth-order valence-electron chi connectivity index (χ4n) is 10.8. The van der Waals surface area contributed by atoms with Crippen molar-refractivity contribution < 1.29 is 23.2 Å². The van der Waals surface area contributed by atoms with Crippen molar-refractivity contribution in [2.75, 3.05) is 75.0 Å². The lowest BCUT2D eigenvalue weighted by molar-refractivity contribution is -0.121. The van der Waals surface area contributed by atoms with Crippen LogP contribution in [0, 0.1) is 0 Å². The summed E-state index contributed by atoms with van der Waals surface area (Å²) in [5, 5.41) is 16.2. The second-order valence-electron chi connectivity index (χ2n) is 24.1. The molecule has 0 aliphatic rings. The van der Waals surface area contributed by atoms with Gasteiger partial charge in [0.15, 0.2) is 11.5 Å². The van der Waals surface area contributed by atoms with Gasteiger partial charge in [-0.05, 0) is 95.2 Å². The molecule has 2 heterocycles. The van der Waals surface area contributed by atoms with E-state index in [1.807, 2.05) is 12.1 Å². The lowest BCUT2D eigenvalue weighted by Crippen LogP contribution is -2.42. The van der Waals surface area contributed by atoms with E-state index in [-0.39, 0.29) is 48.9 Å². The Morgan fingerprint density at radius 3 is 1.61 bits per heavy atom. The number of aromatic amines is 1. The smallest absolute Gasteiger partial charge is 0.330 e. The highest BCUT2D eigenvalue weighted by Gasteiger charge is 2.26. The van der Waals surface area contributed by atoms with E-state index in [1.165, 1.54) is 172 Å². The summed E-state index contributed by atoms with van der Waals surface area (Å²) in [5.41, 5.74) is 13.7. The van der Waals surface area contributed by atoms with E-state index in [9.17, 15) is 18.9 Å². The maximum atomic E-state index is 14.4. The molecule has 0 saturated heterocycles. The summed E-state index contributed by atoms with van der Waals surface area (Å²) in [4.78, 5) is 52.2. The molecule has 0 aliphatic carbocycles. The largest absolute Gasteiger partial charge is 0.382 e. The number of rotatable bonds is 60. The molecule has 0 bridgehead atoms. The highest BCUT2D eigenvalue weighted by molar-refractivity contribution is 7.53. The summed E-state index contributed by atoms with van der Waals surface area (Å²) in [7, 11) is -3.40. The van der Waals surface area contributed by atoms with Gasteiger partial charge >= 0.3 is 13.3 Å². The Balaban J connectivity index is 1.57. The number of fused-ring (bicyclic) bond motifs is 1. The Morgan fingerprint density at radius 2 is 1.08 bits per heavy atom. The van der Waals surface area contributed by atoms with Crippen molar-refractivity contribution in [2.24, 2.45) is 5.73 Å². The number of benzene rings is 1. The lowest BCUT2D eigenvalue weighted by atomic mass is 10.0. The lowest BCUT2D eigenvalue weighted by Gasteiger charge is -2.21. The van der Waals surface area contributed by atoms with Crippen LogP contribution in [0.25, 0.3) is 11.2 Å². The van der Waals surface area contributed by atoms with Crippen LogP contribution in [0.5, 0.6) is 0 Å². The van der Waals surface area contributed by atoms with Crippen molar-refractivity contribution >= 4 is 48.0 Å². The fourth-order valence-corrected chi connectivity index (χ4v) is 12.5. The molecule has 3 aromatic rings. The summed E-state index contributed by atoms with van der Waals surface area (Å²) in [6.45, 7) is 11.9. The summed E-state index contributed by atoms with van der Waals surface area (Å²) >= 11 is 0. The predicted octanol–water partition coefficient (Wildman–Crippen LogP) is 15.6. The van der Waals surface area contributed by atoms with Gasteiger partial charge in [0.2, 0.25) is 17.8 Å². The van der Waals surface area contributed by atoms with Gasteiger partial charge in [-0.25, -0.2) is 4.79 Å². The number of hydrogen-bond donors (Lipinski definition) is 8. The Hall–Kier alpha value is -3.86. The van der Waals surface area contributed by atoms with Gasteiger partial charge in [0.25, 0.3) is 0 Å². The first-order valence-corrected chi connectivity index (χ1v) is 36.5. The topological polar surface area (TPSA) is 245 Å². The Morgan fingerprint density at radius 1 is 0.588 bits per heavy atom. The SMILES string of the molecule is CCCCCCCCCCCCCCCCOP(=O)(CCCN[C@@H](CCC(=O)NCCCNCCCCCCCCN)C(=O)Nc1ccc(Cn2c(=O)[nH]c3c(N)nc(NCCCC)nc32)cc1)OCCCCCCCCCCCCCCCC. The second kappa shape index (κ2) is 51.1. The minimum atomic E-state index is -3.40. The number of nitrogens with one attached hydrogen (secondary N) is 6. The highest BCUT2D eigenvalue weighted by Crippen LogP contribution is 2.49. The number of carbonyl (C=O) groups excluding carboxylic acids is 2. The van der Waals surface area contributed by atoms with E-state index >= 15 is 0 Å². The standard InChI is InChI=1S/C67H124N11O6P/c1-4-7-10-12-14-16-18-20-22-24-26-30-34-38-54-83-85(82,84-55-39-35-31-27-25-23-21-19-17-15-13-11-8-5-2)56-41-53-71-60(46-47-61(79)72-52-40-50-70-49-37-33-29-28-32-36-48-68)65(80)74-59-44-42-58(43-45-59)57-78-64-62(75-67(78)81)63(69)76-66(77-64)73-51-9-6-3/h42-45,60,70-71H,4-41,46-57,68H2,1-3H3,(H,72,79)(H,74,80)(H,75,81)(H3,69,73,76,77)/t60-/m0/s1. The van der Waals surface area contributed by atoms with Crippen LogP contribution in [-0.4, -0.2) is 96.0 Å². The van der Waals surface area contributed by atoms with Crippen molar-refractivity contribution in [2.45, 2.75) is 290 Å². The Bertz CT molecular complexity index is 2170. The van der Waals surface area contributed by atoms with Crippen LogP contribution in [0.1, 0.15) is 283 Å². The molecule has 85 heavy (non-hydrogen) atoms. The molecule has 488 valence electrons. The average Bonchev–Trinajstić information content (AvgIpc) is 3.47. The van der Waals surface area contributed by atoms with Crippen molar-refractivity contribution in [3.63, 3.8) is 0 Å². The second-order valence-corrected chi connectivity index (χ2v) is 26.3. The molecular weight excluding hydrogens is 1090 g/mol. The molecule has 2 amide bonds. The number of imidazole rings is 1. The molecule has 0 spiro atoms. The number of nitrogens with zero attached hydrogens (tertiary/aromatic N) is 3. The molecule has 10 N–H and O–H groups in total. The molecule has 18 heteroatoms. The van der Waals surface area contributed by atoms with Crippen molar-refractivity contribution in [3.05, 3.63) is 40.3 Å². The molecule has 0 fully saturated rings. The molecule has 0 unspecified atom stereocenters. The number of nitrogens with two attached hydrogens (primary N) is 2. The molecule has 1 aromatic carbocycles. The van der Waals surface area contributed by atoms with Crippen LogP contribution in [0.4, 0.5) is 17.5 Å². The molecule has 17 nitrogen and oxygen atoms in total. The first-order valence-electron chi connectivity index (χ1n) is 34.8. The number of hydrogen-bond acceptors (Lipinski definition) is 13. The molecule has 0 saturated carbocycles. The summed E-state index contributed by atoms with van der Waals surface area (Å²) in [5.74, 6) is 0.172. The molecule has 2 aromatic heterocycles. The number of amides is 2. The maximum Gasteiger partial charge on any atom is 0.330 e. The van der Waals surface area contributed by atoms with E-state index in [0.29, 0.717) is 62.1 Å². The zero-order valence-corrected chi connectivity index (χ0v) is 55.0. The van der Waals surface area contributed by atoms with E-state index in [2.05, 4.69) is 62.3 Å². The van der Waals surface area contributed by atoms with Crippen molar-refractivity contribution in [1.29, 1.82) is 0 Å². The van der Waals surface area contributed by atoms with Gasteiger partial charge in [0.05, 0.1) is 32.0 Å². The van der Waals surface area contributed by atoms with Crippen LogP contribution >= 0.6 is 7.60 Å². The number of aromatic nitrogens is 4. The average molecular weight is 1210 g/mol. The van der Waals surface area contributed by atoms with Crippen LogP contribution in [0.2, 0.25) is 0 Å². The van der Waals surface area contributed by atoms with E-state index in [0.717, 1.165) is 95.8 Å². The zero-order chi connectivity index (χ0) is 61.1. The van der Waals surface area contributed by atoms with Gasteiger partial charge in [-0.15, -0.1) is 0 Å². The highest BCUT2D eigenvalue weighted by atomic mass is 31.2. The monoisotopic (exact) mass is 1210 g/mol. The Kier molecular flexibility index (Phi) is 45.3. The van der Waals surface area contributed by atoms with Crippen molar-refractivity contribution in [3.8, 4) is 0 Å². The van der Waals surface area contributed by atoms with E-state index < -0.39 is 13.6 Å². The zero-order valence-electron chi connectivity index (χ0n) is 54.1. The van der Waals surface area contributed by atoms with Gasteiger partial charge in [-0.1, -0.05) is 232 Å². The fraction of sp³-hybridized carbons (Fsp3) is 0.806. The quantitative estimate of drug-likeness (QED) is 0.0194. The third kappa shape index (κ3) is 37.6. The molecule has 0 aliphatic heterocycles. The van der Waals surface area contributed by atoms with Crippen LogP contribution in [0.15, 0.2) is 29.1 Å². The molecule has 0 radical (unpaired) electrons. The van der Waals surface area contributed by atoms with Crippen LogP contribution in [-0.2, 0) is 29.7 Å². The Labute approximate surface area is 515 Å². The first kappa shape index (κ1) is 75.4. The first-order chi connectivity index (χ1) is 41.6. The normalized spacial score (nSPS) is 12.1. The number of unbranched alkanes of at least 4 members (excludes halogenated alkanes) is 32. The number of H-pyrrole nitrogens is 1. The minimum absolute atomic E-state index is 0.108. The molecular formula is C67H124N11O6P. The minimum Gasteiger partial charge on any atom is -0.382 e. The maximum absolute atomic E-state index is 14.4. The van der Waals surface area contributed by atoms with Gasteiger partial charge < -0.3 is 52.1 Å². The molecule has 3 rings (SSSR count). The van der Waals surface area contributed by atoms with E-state index in [1.54, 1.807) is 12.1 Å². The summed E-state index contributed by atoms with van der Waals surface area (Å²) in [6.07, 6.45) is 46.5. The third-order valence-corrected chi connectivity index (χ3v) is 18.3. The molecule has 1 atom stereocenters. The summed E-state index contributed by atoms with van der Waals surface area (Å²) in [6, 6.07) is 6.62. The van der Waals surface area contributed by atoms with Gasteiger partial charge in [-0.2, -0.15) is 9.97 Å². The third-order valence-electron chi connectivity index (χ3n) is 16.2. The van der Waals surface area contributed by atoms with Gasteiger partial charge in [0.1, 0.15) is 5.52 Å². The van der Waals surface area contributed by atoms with Crippen LogP contribution < -0.4 is 43.7 Å². The van der Waals surface area contributed by atoms with Gasteiger partial charge in [-0.3, -0.25) is 18.7 Å². The van der Waals surface area contributed by atoms with Crippen LogP contribution in [0.3, 0.4) is 0 Å². The summed E-state index contributed by atoms with van der Waals surface area (Å²) < 4.78 is 28.3. The van der Waals surface area contributed by atoms with E-state index in [4.69, 9.17) is 20.5 Å². The number of anilines is 3. The number of nitrogen functional groups attached to an aromatic ring is 1. The van der Waals surface area contributed by atoms with Crippen molar-refractivity contribution in [1.82, 2.24) is 35.5 Å². The van der Waals surface area contributed by atoms with Gasteiger partial charge in [0, 0.05) is 25.2 Å².